The Balaban J connectivity index is 1.71. The minimum absolute atomic E-state index is 0.108. The summed E-state index contributed by atoms with van der Waals surface area (Å²) in [5.41, 5.74) is 1.17. The van der Waals surface area contributed by atoms with Crippen LogP contribution in [0.3, 0.4) is 0 Å². The highest BCUT2D eigenvalue weighted by Gasteiger charge is 2.28. The van der Waals surface area contributed by atoms with Gasteiger partial charge in [0.25, 0.3) is 0 Å². The van der Waals surface area contributed by atoms with E-state index in [0.29, 0.717) is 12.1 Å². The van der Waals surface area contributed by atoms with Crippen molar-refractivity contribution in [2.45, 2.75) is 38.0 Å². The maximum absolute atomic E-state index is 9.70. The fourth-order valence-corrected chi connectivity index (χ4v) is 3.56. The van der Waals surface area contributed by atoms with Crippen LogP contribution in [0.2, 0.25) is 0 Å². The average Bonchev–Trinajstić information content (AvgIpc) is 2.55. The van der Waals surface area contributed by atoms with Gasteiger partial charge in [0.15, 0.2) is 0 Å². The second-order valence-corrected chi connectivity index (χ2v) is 6.65. The van der Waals surface area contributed by atoms with Crippen LogP contribution in [-0.4, -0.2) is 71.3 Å². The van der Waals surface area contributed by atoms with E-state index in [4.69, 9.17) is 0 Å². The van der Waals surface area contributed by atoms with E-state index in [9.17, 15) is 5.11 Å². The zero-order chi connectivity index (χ0) is 15.4. The first-order valence-corrected chi connectivity index (χ1v) is 8.51. The maximum Gasteiger partial charge on any atom is 0.0650 e. The van der Waals surface area contributed by atoms with Gasteiger partial charge in [-0.05, 0) is 31.9 Å². The number of likely N-dealkylation sites (tertiary alicyclic amines) is 1. The molecule has 2 saturated heterocycles. The zero-order valence-electron chi connectivity index (χ0n) is 13.5. The van der Waals surface area contributed by atoms with E-state index in [1.54, 1.807) is 0 Å². The fraction of sp³-hybridized carbons (Fsp3) is 0.706. The number of nitrogens with zero attached hydrogens (tertiary/aromatic N) is 3. The minimum Gasteiger partial charge on any atom is -0.393 e. The number of aromatic nitrogens is 1. The summed E-state index contributed by atoms with van der Waals surface area (Å²) in [4.78, 5) is 9.67. The first-order valence-electron chi connectivity index (χ1n) is 8.51. The van der Waals surface area contributed by atoms with Crippen LogP contribution in [0.1, 0.15) is 31.5 Å². The number of aliphatic hydroxyl groups is 1. The molecule has 5 nitrogen and oxygen atoms in total. The van der Waals surface area contributed by atoms with Crippen molar-refractivity contribution in [1.29, 1.82) is 0 Å². The van der Waals surface area contributed by atoms with Crippen molar-refractivity contribution < 1.29 is 5.11 Å². The van der Waals surface area contributed by atoms with Gasteiger partial charge in [0.1, 0.15) is 0 Å². The van der Waals surface area contributed by atoms with Crippen LogP contribution in [0.15, 0.2) is 24.4 Å². The smallest absolute Gasteiger partial charge is 0.0650 e. The van der Waals surface area contributed by atoms with E-state index in [2.05, 4.69) is 39.2 Å². The number of hydrogen-bond donors (Lipinski definition) is 2. The van der Waals surface area contributed by atoms with Crippen LogP contribution >= 0.6 is 0 Å². The Bertz CT molecular complexity index is 447. The van der Waals surface area contributed by atoms with Gasteiger partial charge in [-0.2, -0.15) is 0 Å². The molecule has 5 heteroatoms. The van der Waals surface area contributed by atoms with Crippen molar-refractivity contribution in [1.82, 2.24) is 20.1 Å². The standard InChI is InChI=1S/C17H28N4O/c1-14-12-21(11-8-18-14)17(16-4-2-3-7-19-16)13-20-9-5-15(22)6-10-20/h2-4,7,14-15,17-18,22H,5-6,8-13H2,1H3. The van der Waals surface area contributed by atoms with Gasteiger partial charge in [-0.3, -0.25) is 9.88 Å². The SMILES string of the molecule is CC1CN(C(CN2CCC(O)CC2)c2ccccn2)CCN1. The molecule has 3 rings (SSSR count). The predicted octanol–water partition coefficient (Wildman–Crippen LogP) is 0.873. The molecule has 2 aliphatic heterocycles. The Labute approximate surface area is 133 Å². The van der Waals surface area contributed by atoms with Crippen molar-refractivity contribution in [3.63, 3.8) is 0 Å². The molecule has 0 aliphatic carbocycles. The van der Waals surface area contributed by atoms with Gasteiger partial charge in [-0.25, -0.2) is 0 Å². The second kappa shape index (κ2) is 7.51. The number of aliphatic hydroxyl groups excluding tert-OH is 1. The third kappa shape index (κ3) is 4.04. The molecule has 0 spiro atoms. The normalized spacial score (nSPS) is 26.9. The lowest BCUT2D eigenvalue weighted by Gasteiger charge is -2.40. The van der Waals surface area contributed by atoms with Crippen molar-refractivity contribution >= 4 is 0 Å². The lowest BCUT2D eigenvalue weighted by atomic mass is 10.0. The van der Waals surface area contributed by atoms with Crippen LogP contribution in [-0.2, 0) is 0 Å². The summed E-state index contributed by atoms with van der Waals surface area (Å²) in [5, 5.41) is 13.2. The molecule has 0 radical (unpaired) electrons. The number of piperidine rings is 1. The predicted molar refractivity (Wildman–Crippen MR) is 87.7 cm³/mol. The molecule has 2 atom stereocenters. The van der Waals surface area contributed by atoms with E-state index in [1.165, 1.54) is 5.69 Å². The maximum atomic E-state index is 9.70. The molecule has 2 N–H and O–H groups in total. The highest BCUT2D eigenvalue weighted by molar-refractivity contribution is 5.10. The van der Waals surface area contributed by atoms with Gasteiger partial charge in [0, 0.05) is 51.5 Å². The minimum atomic E-state index is -0.108. The molecule has 0 amide bonds. The van der Waals surface area contributed by atoms with Crippen LogP contribution < -0.4 is 5.32 Å². The van der Waals surface area contributed by atoms with Crippen LogP contribution in [0.5, 0.6) is 0 Å². The van der Waals surface area contributed by atoms with Gasteiger partial charge >= 0.3 is 0 Å². The van der Waals surface area contributed by atoms with E-state index in [0.717, 1.165) is 52.1 Å². The fourth-order valence-electron chi connectivity index (χ4n) is 3.56. The summed E-state index contributed by atoms with van der Waals surface area (Å²) in [6.45, 7) is 8.43. The van der Waals surface area contributed by atoms with Crippen LogP contribution in [0, 0.1) is 0 Å². The van der Waals surface area contributed by atoms with E-state index in [-0.39, 0.29) is 6.10 Å². The van der Waals surface area contributed by atoms with Gasteiger partial charge in [-0.1, -0.05) is 6.07 Å². The molecule has 122 valence electrons. The van der Waals surface area contributed by atoms with Gasteiger partial charge < -0.3 is 15.3 Å². The molecule has 0 aromatic carbocycles. The van der Waals surface area contributed by atoms with Crippen LogP contribution in [0.4, 0.5) is 0 Å². The molecule has 0 saturated carbocycles. The van der Waals surface area contributed by atoms with Crippen molar-refractivity contribution in [3.8, 4) is 0 Å². The first kappa shape index (κ1) is 15.9. The van der Waals surface area contributed by atoms with Gasteiger partial charge in [0.05, 0.1) is 17.8 Å². The topological polar surface area (TPSA) is 51.6 Å². The molecule has 22 heavy (non-hydrogen) atoms. The number of piperazine rings is 1. The van der Waals surface area contributed by atoms with Crippen molar-refractivity contribution in [3.05, 3.63) is 30.1 Å². The van der Waals surface area contributed by atoms with Crippen LogP contribution in [0.25, 0.3) is 0 Å². The monoisotopic (exact) mass is 304 g/mol. The molecule has 3 heterocycles. The number of nitrogens with one attached hydrogen (secondary N) is 1. The highest BCUT2D eigenvalue weighted by Crippen LogP contribution is 2.23. The summed E-state index contributed by atoms with van der Waals surface area (Å²) >= 11 is 0. The lowest BCUT2D eigenvalue weighted by molar-refractivity contribution is 0.0543. The Hall–Kier alpha value is -1.01. The Kier molecular flexibility index (Phi) is 5.41. The summed E-state index contributed by atoms with van der Waals surface area (Å²) in [6, 6.07) is 7.10. The third-order valence-corrected chi connectivity index (χ3v) is 4.86. The van der Waals surface area contributed by atoms with Gasteiger partial charge in [-0.15, -0.1) is 0 Å². The lowest BCUT2D eigenvalue weighted by Crippen LogP contribution is -2.52. The first-order chi connectivity index (χ1) is 10.7. The quantitative estimate of drug-likeness (QED) is 0.865. The van der Waals surface area contributed by atoms with Crippen molar-refractivity contribution in [2.24, 2.45) is 0 Å². The summed E-state index contributed by atoms with van der Waals surface area (Å²) in [7, 11) is 0. The molecule has 1 aromatic rings. The van der Waals surface area contributed by atoms with E-state index in [1.807, 2.05) is 12.3 Å². The average molecular weight is 304 g/mol. The third-order valence-electron chi connectivity index (χ3n) is 4.86. The Morgan fingerprint density at radius 3 is 2.82 bits per heavy atom. The summed E-state index contributed by atoms with van der Waals surface area (Å²) < 4.78 is 0. The molecule has 2 unspecified atom stereocenters. The van der Waals surface area contributed by atoms with E-state index < -0.39 is 0 Å². The second-order valence-electron chi connectivity index (χ2n) is 6.65. The number of rotatable bonds is 4. The summed E-state index contributed by atoms with van der Waals surface area (Å²) in [5.74, 6) is 0. The van der Waals surface area contributed by atoms with Crippen molar-refractivity contribution in [2.75, 3.05) is 39.3 Å². The molecular formula is C17H28N4O. The highest BCUT2D eigenvalue weighted by atomic mass is 16.3. The largest absolute Gasteiger partial charge is 0.393 e. The van der Waals surface area contributed by atoms with Gasteiger partial charge in [0.2, 0.25) is 0 Å². The Morgan fingerprint density at radius 1 is 1.32 bits per heavy atom. The number of pyridine rings is 1. The molecule has 1 aromatic heterocycles. The zero-order valence-corrected chi connectivity index (χ0v) is 13.5. The number of hydrogen-bond acceptors (Lipinski definition) is 5. The van der Waals surface area contributed by atoms with E-state index >= 15 is 0 Å². The molecule has 0 bridgehead atoms. The molecular weight excluding hydrogens is 276 g/mol. The summed E-state index contributed by atoms with van der Waals surface area (Å²) in [6.07, 6.45) is 3.58. The molecule has 2 fully saturated rings. The molecule has 2 aliphatic rings. The Morgan fingerprint density at radius 2 is 2.14 bits per heavy atom.